The maximum atomic E-state index is 12.9. The number of aromatic nitrogens is 4. The number of nitrogens with one attached hydrogen (secondary N) is 1. The highest BCUT2D eigenvalue weighted by Gasteiger charge is 2.14. The summed E-state index contributed by atoms with van der Waals surface area (Å²) < 4.78 is 1.44. The van der Waals surface area contributed by atoms with E-state index in [9.17, 15) is 4.79 Å². The molecule has 6 heteroatoms. The van der Waals surface area contributed by atoms with Gasteiger partial charge in [0, 0.05) is 17.7 Å². The van der Waals surface area contributed by atoms with Crippen molar-refractivity contribution in [3.8, 4) is 0 Å². The zero-order valence-electron chi connectivity index (χ0n) is 14.3. The molecular weight excluding hydrogens is 344 g/mol. The number of benzene rings is 2. The van der Waals surface area contributed by atoms with Gasteiger partial charge in [-0.15, -0.1) is 0 Å². The van der Waals surface area contributed by atoms with E-state index in [1.54, 1.807) is 11.8 Å². The Morgan fingerprint density at radius 3 is 2.31 bits per heavy atom. The van der Waals surface area contributed by atoms with Crippen LogP contribution in [0, 0.1) is 6.92 Å². The minimum atomic E-state index is -0.0876. The Balaban J connectivity index is 1.63. The van der Waals surface area contributed by atoms with Crippen LogP contribution in [-0.4, -0.2) is 19.6 Å². The van der Waals surface area contributed by atoms with Gasteiger partial charge in [-0.25, -0.2) is 4.98 Å². The van der Waals surface area contributed by atoms with E-state index in [0.717, 1.165) is 17.0 Å². The number of rotatable bonds is 5. The summed E-state index contributed by atoms with van der Waals surface area (Å²) in [6, 6.07) is 20.1. The quantitative estimate of drug-likeness (QED) is 0.551. The fourth-order valence-corrected chi connectivity index (χ4v) is 3.63. The number of H-pyrrole nitrogens is 1. The maximum Gasteiger partial charge on any atom is 0.277 e. The third-order valence-corrected chi connectivity index (χ3v) is 5.15. The third-order valence-electron chi connectivity index (χ3n) is 4.22. The average molecular weight is 362 g/mol. The van der Waals surface area contributed by atoms with Gasteiger partial charge in [-0.05, 0) is 18.1 Å². The Morgan fingerprint density at radius 2 is 1.62 bits per heavy atom. The molecule has 0 atom stereocenters. The minimum absolute atomic E-state index is 0.0876. The number of fused-ring (bicyclic) bond motifs is 1. The summed E-state index contributed by atoms with van der Waals surface area (Å²) in [5.74, 6) is 1.20. The van der Waals surface area contributed by atoms with Crippen molar-refractivity contribution in [3.05, 3.63) is 93.4 Å². The molecule has 0 saturated heterocycles. The van der Waals surface area contributed by atoms with Gasteiger partial charge in [0.1, 0.15) is 0 Å². The molecule has 130 valence electrons. The number of aryl methyl sites for hydroxylation is 1. The molecule has 0 unspecified atom stereocenters. The smallest absolute Gasteiger partial charge is 0.267 e. The summed E-state index contributed by atoms with van der Waals surface area (Å²) in [6.07, 6.45) is 0.562. The van der Waals surface area contributed by atoms with E-state index in [2.05, 4.69) is 27.2 Å². The first-order chi connectivity index (χ1) is 12.7. The summed E-state index contributed by atoms with van der Waals surface area (Å²) in [7, 11) is 0. The van der Waals surface area contributed by atoms with E-state index >= 15 is 0 Å². The Kier molecular flexibility index (Phi) is 4.58. The number of hydrogen-bond donors (Lipinski definition) is 1. The Morgan fingerprint density at radius 1 is 0.962 bits per heavy atom. The van der Waals surface area contributed by atoms with Crippen molar-refractivity contribution in [2.24, 2.45) is 0 Å². The lowest BCUT2D eigenvalue weighted by Gasteiger charge is -2.04. The largest absolute Gasteiger partial charge is 0.277 e. The van der Waals surface area contributed by atoms with Gasteiger partial charge in [0.2, 0.25) is 0 Å². The molecule has 0 bridgehead atoms. The zero-order chi connectivity index (χ0) is 17.9. The van der Waals surface area contributed by atoms with Crippen molar-refractivity contribution in [3.63, 3.8) is 0 Å². The molecule has 2 aromatic heterocycles. The predicted molar refractivity (Wildman–Crippen MR) is 104 cm³/mol. The van der Waals surface area contributed by atoms with Gasteiger partial charge < -0.3 is 0 Å². The van der Waals surface area contributed by atoms with Crippen molar-refractivity contribution in [1.29, 1.82) is 0 Å². The van der Waals surface area contributed by atoms with E-state index in [1.165, 1.54) is 10.1 Å². The maximum absolute atomic E-state index is 12.9. The highest BCUT2D eigenvalue weighted by atomic mass is 32.2. The van der Waals surface area contributed by atoms with Crippen LogP contribution in [0.15, 0.2) is 70.6 Å². The average Bonchev–Trinajstić information content (AvgIpc) is 3.08. The molecule has 1 N–H and O–H groups in total. The second kappa shape index (κ2) is 7.17. The van der Waals surface area contributed by atoms with Crippen LogP contribution in [0.25, 0.3) is 5.78 Å². The highest BCUT2D eigenvalue weighted by Crippen LogP contribution is 2.19. The van der Waals surface area contributed by atoms with Crippen LogP contribution in [0.1, 0.15) is 22.4 Å². The van der Waals surface area contributed by atoms with Crippen LogP contribution in [0.2, 0.25) is 0 Å². The van der Waals surface area contributed by atoms with Gasteiger partial charge in [0.25, 0.3) is 11.3 Å². The van der Waals surface area contributed by atoms with Crippen LogP contribution >= 0.6 is 11.8 Å². The highest BCUT2D eigenvalue weighted by molar-refractivity contribution is 7.98. The van der Waals surface area contributed by atoms with Crippen LogP contribution in [0.3, 0.4) is 0 Å². The summed E-state index contributed by atoms with van der Waals surface area (Å²) in [6.45, 7) is 1.87. The standard InChI is InChI=1S/C20H18N4OS/c1-14-17(12-15-8-4-2-5-9-15)18(25)24-19(21-14)22-20(23-24)26-13-16-10-6-3-7-11-16/h2-11H,12-13H2,1H3,(H,21,22,23). The second-order valence-electron chi connectivity index (χ2n) is 6.08. The monoisotopic (exact) mass is 362 g/mol. The molecule has 4 rings (SSSR count). The molecule has 0 spiro atoms. The Labute approximate surface area is 155 Å². The Bertz CT molecular complexity index is 1090. The molecule has 0 aliphatic carbocycles. The first-order valence-electron chi connectivity index (χ1n) is 8.39. The second-order valence-corrected chi connectivity index (χ2v) is 7.05. The van der Waals surface area contributed by atoms with E-state index in [4.69, 9.17) is 0 Å². The van der Waals surface area contributed by atoms with Crippen LogP contribution in [-0.2, 0) is 12.2 Å². The van der Waals surface area contributed by atoms with Crippen LogP contribution in [0.5, 0.6) is 0 Å². The van der Waals surface area contributed by atoms with Crippen molar-refractivity contribution in [1.82, 2.24) is 19.6 Å². The molecule has 5 nitrogen and oxygen atoms in total. The Hall–Kier alpha value is -2.86. The topological polar surface area (TPSA) is 63.1 Å². The fraction of sp³-hybridized carbons (Fsp3) is 0.150. The lowest BCUT2D eigenvalue weighted by Crippen LogP contribution is -2.22. The zero-order valence-corrected chi connectivity index (χ0v) is 15.2. The molecular formula is C20H18N4OS. The van der Waals surface area contributed by atoms with Gasteiger partial charge in [0.05, 0.1) is 5.69 Å². The third kappa shape index (κ3) is 3.41. The van der Waals surface area contributed by atoms with E-state index < -0.39 is 0 Å². The number of thioether (sulfide) groups is 1. The van der Waals surface area contributed by atoms with Gasteiger partial charge in [-0.1, -0.05) is 72.4 Å². The van der Waals surface area contributed by atoms with E-state index in [1.807, 2.05) is 55.5 Å². The van der Waals surface area contributed by atoms with Gasteiger partial charge in [-0.2, -0.15) is 9.50 Å². The van der Waals surface area contributed by atoms with Gasteiger partial charge >= 0.3 is 0 Å². The molecule has 0 aliphatic rings. The molecule has 0 saturated carbocycles. The van der Waals surface area contributed by atoms with Gasteiger partial charge in [-0.3, -0.25) is 9.89 Å². The van der Waals surface area contributed by atoms with Crippen molar-refractivity contribution >= 4 is 17.5 Å². The van der Waals surface area contributed by atoms with E-state index in [0.29, 0.717) is 22.9 Å². The molecule has 26 heavy (non-hydrogen) atoms. The van der Waals surface area contributed by atoms with Crippen LogP contribution < -0.4 is 5.56 Å². The lowest BCUT2D eigenvalue weighted by molar-refractivity contribution is 0.825. The van der Waals surface area contributed by atoms with Crippen molar-refractivity contribution in [2.45, 2.75) is 24.3 Å². The summed E-state index contributed by atoms with van der Waals surface area (Å²) in [5, 5.41) is 3.77. The van der Waals surface area contributed by atoms with Gasteiger partial charge in [0.15, 0.2) is 5.16 Å². The molecule has 2 heterocycles. The molecule has 2 aromatic carbocycles. The number of aromatic amines is 1. The number of hydrogen-bond acceptors (Lipinski definition) is 4. The molecule has 0 amide bonds. The SMILES string of the molecule is Cc1nc2nc(SCc3ccccc3)[nH]n2c(=O)c1Cc1ccccc1. The van der Waals surface area contributed by atoms with E-state index in [-0.39, 0.29) is 5.56 Å². The summed E-state index contributed by atoms with van der Waals surface area (Å²) >= 11 is 1.56. The minimum Gasteiger partial charge on any atom is -0.267 e. The molecule has 0 fully saturated rings. The first-order valence-corrected chi connectivity index (χ1v) is 9.38. The first kappa shape index (κ1) is 16.6. The van der Waals surface area contributed by atoms with Crippen LogP contribution in [0.4, 0.5) is 0 Å². The van der Waals surface area contributed by atoms with Crippen molar-refractivity contribution in [2.75, 3.05) is 0 Å². The fourth-order valence-electron chi connectivity index (χ4n) is 2.83. The summed E-state index contributed by atoms with van der Waals surface area (Å²) in [5.41, 5.74) is 3.63. The molecule has 0 aliphatic heterocycles. The summed E-state index contributed by atoms with van der Waals surface area (Å²) in [4.78, 5) is 21.9. The predicted octanol–water partition coefficient (Wildman–Crippen LogP) is 3.61. The molecule has 4 aromatic rings. The molecule has 0 radical (unpaired) electrons. The normalized spacial score (nSPS) is 11.1. The number of nitrogens with zero attached hydrogens (tertiary/aromatic N) is 3. The van der Waals surface area contributed by atoms with Crippen molar-refractivity contribution < 1.29 is 0 Å². The lowest BCUT2D eigenvalue weighted by atomic mass is 10.1.